The molecule has 0 unspecified atom stereocenters. The average Bonchev–Trinajstić information content (AvgIpc) is 2.28. The van der Waals surface area contributed by atoms with Gasteiger partial charge in [0.15, 0.2) is 0 Å². The Balaban J connectivity index is 1.95. The molecule has 0 atom stereocenters. The van der Waals surface area contributed by atoms with Crippen LogP contribution in [0.2, 0.25) is 0 Å². The molecule has 1 aromatic carbocycles. The third-order valence-corrected chi connectivity index (χ3v) is 3.18. The van der Waals surface area contributed by atoms with E-state index in [4.69, 9.17) is 10.5 Å². The Morgan fingerprint density at radius 1 is 1.33 bits per heavy atom. The number of nitrogens with two attached hydrogens (primary N) is 1. The molecule has 0 bridgehead atoms. The third-order valence-electron chi connectivity index (χ3n) is 3.18. The van der Waals surface area contributed by atoms with Gasteiger partial charge in [0.1, 0.15) is 5.75 Å². The normalized spacial score (nSPS) is 17.1. The lowest BCUT2D eigenvalue weighted by Crippen LogP contribution is -2.56. The minimum Gasteiger partial charge on any atom is -0.491 e. The number of amides is 1. The van der Waals surface area contributed by atoms with Gasteiger partial charge in [-0.2, -0.15) is 0 Å². The van der Waals surface area contributed by atoms with Gasteiger partial charge in [-0.05, 0) is 57.4 Å². The summed E-state index contributed by atoms with van der Waals surface area (Å²) in [7, 11) is 0. The maximum Gasteiger partial charge on any atom is 0.244 e. The summed E-state index contributed by atoms with van der Waals surface area (Å²) >= 11 is 0. The minimum absolute atomic E-state index is 0.0914. The quantitative estimate of drug-likeness (QED) is 0.859. The first kappa shape index (κ1) is 12.9. The summed E-state index contributed by atoms with van der Waals surface area (Å²) < 4.78 is 5.54. The number of anilines is 1. The highest BCUT2D eigenvalue weighted by molar-refractivity contribution is 5.98. The molecular weight excluding hydrogens is 228 g/mol. The second kappa shape index (κ2) is 4.98. The van der Waals surface area contributed by atoms with Gasteiger partial charge in [0, 0.05) is 5.69 Å². The fourth-order valence-electron chi connectivity index (χ4n) is 1.93. The van der Waals surface area contributed by atoms with Crippen molar-refractivity contribution in [2.45, 2.75) is 44.8 Å². The van der Waals surface area contributed by atoms with Crippen molar-refractivity contribution in [1.82, 2.24) is 0 Å². The second-order valence-corrected chi connectivity index (χ2v) is 5.15. The average molecular weight is 248 g/mol. The molecule has 1 fully saturated rings. The molecule has 0 aromatic heterocycles. The second-order valence-electron chi connectivity index (χ2n) is 5.15. The van der Waals surface area contributed by atoms with E-state index >= 15 is 0 Å². The standard InChI is InChI=1S/C14H20N2O2/c1-10(2)18-12-6-4-11(5-7-12)16-13(17)14(15)8-3-9-14/h4-7,10H,3,8-9,15H2,1-2H3,(H,16,17). The maximum absolute atomic E-state index is 11.9. The smallest absolute Gasteiger partial charge is 0.244 e. The number of carbonyl (C=O) groups is 1. The van der Waals surface area contributed by atoms with Crippen LogP contribution in [0.4, 0.5) is 5.69 Å². The molecule has 0 radical (unpaired) electrons. The van der Waals surface area contributed by atoms with E-state index in [1.54, 1.807) is 0 Å². The topological polar surface area (TPSA) is 64.3 Å². The van der Waals surface area contributed by atoms with E-state index in [1.807, 2.05) is 38.1 Å². The molecule has 1 aromatic rings. The Kier molecular flexibility index (Phi) is 3.57. The SMILES string of the molecule is CC(C)Oc1ccc(NC(=O)C2(N)CCC2)cc1. The molecule has 0 spiro atoms. The van der Waals surface area contributed by atoms with Crippen molar-refractivity contribution < 1.29 is 9.53 Å². The van der Waals surface area contributed by atoms with Gasteiger partial charge in [-0.25, -0.2) is 0 Å². The molecular formula is C14H20N2O2. The predicted octanol–water partition coefficient (Wildman–Crippen LogP) is 2.29. The zero-order chi connectivity index (χ0) is 13.2. The van der Waals surface area contributed by atoms with Crippen LogP contribution in [0.5, 0.6) is 5.75 Å². The Morgan fingerprint density at radius 2 is 1.94 bits per heavy atom. The maximum atomic E-state index is 11.9. The highest BCUT2D eigenvalue weighted by atomic mass is 16.5. The van der Waals surface area contributed by atoms with E-state index in [-0.39, 0.29) is 12.0 Å². The number of hydrogen-bond donors (Lipinski definition) is 2. The lowest BCUT2D eigenvalue weighted by molar-refractivity contribution is -0.123. The number of ether oxygens (including phenoxy) is 1. The molecule has 1 amide bonds. The zero-order valence-corrected chi connectivity index (χ0v) is 10.9. The Hall–Kier alpha value is -1.55. The Morgan fingerprint density at radius 3 is 2.39 bits per heavy atom. The fourth-order valence-corrected chi connectivity index (χ4v) is 1.93. The Bertz CT molecular complexity index is 422. The molecule has 1 aliphatic rings. The molecule has 1 saturated carbocycles. The first-order valence-electron chi connectivity index (χ1n) is 6.37. The monoisotopic (exact) mass is 248 g/mol. The van der Waals surface area contributed by atoms with Gasteiger partial charge >= 0.3 is 0 Å². The van der Waals surface area contributed by atoms with Crippen LogP contribution in [0.3, 0.4) is 0 Å². The summed E-state index contributed by atoms with van der Waals surface area (Å²) in [6, 6.07) is 7.36. The van der Waals surface area contributed by atoms with Crippen molar-refractivity contribution in [3.63, 3.8) is 0 Å². The van der Waals surface area contributed by atoms with Crippen LogP contribution < -0.4 is 15.8 Å². The summed E-state index contributed by atoms with van der Waals surface area (Å²) in [6.07, 6.45) is 2.72. The molecule has 18 heavy (non-hydrogen) atoms. The number of benzene rings is 1. The summed E-state index contributed by atoms with van der Waals surface area (Å²) in [5, 5.41) is 2.85. The molecule has 3 N–H and O–H groups in total. The van der Waals surface area contributed by atoms with Gasteiger partial charge < -0.3 is 15.8 Å². The Labute approximate surface area is 108 Å². The molecule has 0 heterocycles. The summed E-state index contributed by atoms with van der Waals surface area (Å²) in [5.41, 5.74) is 6.05. The first-order valence-corrected chi connectivity index (χ1v) is 6.37. The van der Waals surface area contributed by atoms with Crippen LogP contribution in [-0.2, 0) is 4.79 Å². The molecule has 2 rings (SSSR count). The van der Waals surface area contributed by atoms with Gasteiger partial charge in [0.25, 0.3) is 0 Å². The molecule has 4 heteroatoms. The number of hydrogen-bond acceptors (Lipinski definition) is 3. The van der Waals surface area contributed by atoms with E-state index in [9.17, 15) is 4.79 Å². The van der Waals surface area contributed by atoms with E-state index in [0.717, 1.165) is 30.7 Å². The van der Waals surface area contributed by atoms with Gasteiger partial charge in [0.05, 0.1) is 11.6 Å². The zero-order valence-electron chi connectivity index (χ0n) is 10.9. The molecule has 4 nitrogen and oxygen atoms in total. The highest BCUT2D eigenvalue weighted by Crippen LogP contribution is 2.30. The minimum atomic E-state index is -0.660. The van der Waals surface area contributed by atoms with E-state index in [2.05, 4.69) is 5.32 Å². The summed E-state index contributed by atoms with van der Waals surface area (Å²) in [5.74, 6) is 0.709. The molecule has 0 saturated heterocycles. The molecule has 98 valence electrons. The van der Waals surface area contributed by atoms with Crippen molar-refractivity contribution in [2.24, 2.45) is 5.73 Å². The van der Waals surface area contributed by atoms with Crippen molar-refractivity contribution in [3.8, 4) is 5.75 Å². The van der Waals surface area contributed by atoms with E-state index in [0.29, 0.717) is 0 Å². The van der Waals surface area contributed by atoms with E-state index in [1.165, 1.54) is 0 Å². The van der Waals surface area contributed by atoms with Crippen molar-refractivity contribution in [3.05, 3.63) is 24.3 Å². The first-order chi connectivity index (χ1) is 8.49. The van der Waals surface area contributed by atoms with Crippen LogP contribution in [0.15, 0.2) is 24.3 Å². The van der Waals surface area contributed by atoms with Crippen molar-refractivity contribution in [2.75, 3.05) is 5.32 Å². The largest absolute Gasteiger partial charge is 0.491 e. The van der Waals surface area contributed by atoms with Crippen LogP contribution >= 0.6 is 0 Å². The van der Waals surface area contributed by atoms with Crippen LogP contribution in [0.1, 0.15) is 33.1 Å². The summed E-state index contributed by atoms with van der Waals surface area (Å²) in [6.45, 7) is 3.95. The van der Waals surface area contributed by atoms with Gasteiger partial charge in [-0.15, -0.1) is 0 Å². The number of carbonyl (C=O) groups excluding carboxylic acids is 1. The van der Waals surface area contributed by atoms with Gasteiger partial charge in [-0.1, -0.05) is 0 Å². The van der Waals surface area contributed by atoms with Crippen molar-refractivity contribution >= 4 is 11.6 Å². The number of rotatable bonds is 4. The van der Waals surface area contributed by atoms with E-state index < -0.39 is 5.54 Å². The summed E-state index contributed by atoms with van der Waals surface area (Å²) in [4.78, 5) is 11.9. The van der Waals surface area contributed by atoms with Crippen LogP contribution in [0, 0.1) is 0 Å². The molecule has 0 aliphatic heterocycles. The number of nitrogens with one attached hydrogen (secondary N) is 1. The van der Waals surface area contributed by atoms with Gasteiger partial charge in [-0.3, -0.25) is 4.79 Å². The molecule has 1 aliphatic carbocycles. The fraction of sp³-hybridized carbons (Fsp3) is 0.500. The van der Waals surface area contributed by atoms with Crippen LogP contribution in [0.25, 0.3) is 0 Å². The van der Waals surface area contributed by atoms with Gasteiger partial charge in [0.2, 0.25) is 5.91 Å². The van der Waals surface area contributed by atoms with Crippen molar-refractivity contribution in [1.29, 1.82) is 0 Å². The van der Waals surface area contributed by atoms with Crippen LogP contribution in [-0.4, -0.2) is 17.6 Å². The lowest BCUT2D eigenvalue weighted by atomic mass is 9.77. The highest BCUT2D eigenvalue weighted by Gasteiger charge is 2.40. The third kappa shape index (κ3) is 2.82. The lowest BCUT2D eigenvalue weighted by Gasteiger charge is -2.36. The predicted molar refractivity (Wildman–Crippen MR) is 71.6 cm³/mol.